The summed E-state index contributed by atoms with van der Waals surface area (Å²) in [5, 5.41) is 16.3. The van der Waals surface area contributed by atoms with Crippen LogP contribution < -0.4 is 0 Å². The zero-order chi connectivity index (χ0) is 44.8. The summed E-state index contributed by atoms with van der Waals surface area (Å²) in [4.78, 5) is 5.94. The molecule has 0 bridgehead atoms. The summed E-state index contributed by atoms with van der Waals surface area (Å²) in [7, 11) is 0. The lowest BCUT2D eigenvalue weighted by Crippen LogP contribution is -2.11. The number of fused-ring (bicyclic) bond motifs is 19. The number of para-hydroxylation sites is 2. The molecule has 318 valence electrons. The predicted octanol–water partition coefficient (Wildman–Crippen LogP) is 17.0. The smallest absolute Gasteiger partial charge is 0.146 e. The van der Waals surface area contributed by atoms with Gasteiger partial charge in [0.2, 0.25) is 0 Å². The van der Waals surface area contributed by atoms with Gasteiger partial charge in [0.25, 0.3) is 0 Å². The Bertz CT molecular complexity index is 4620. The maximum Gasteiger partial charge on any atom is 0.146 e. The fourth-order valence-corrected chi connectivity index (χ4v) is 12.1. The van der Waals surface area contributed by atoms with Crippen LogP contribution in [0.25, 0.3) is 137 Å². The van der Waals surface area contributed by atoms with Crippen molar-refractivity contribution in [1.29, 1.82) is 0 Å². The van der Waals surface area contributed by atoms with Gasteiger partial charge in [-0.15, -0.1) is 0 Å². The van der Waals surface area contributed by atoms with Crippen molar-refractivity contribution in [1.82, 2.24) is 18.4 Å². The van der Waals surface area contributed by atoms with Crippen LogP contribution in [-0.4, -0.2) is 18.4 Å². The molecule has 0 spiro atoms. The Morgan fingerprint density at radius 3 is 1.79 bits per heavy atom. The van der Waals surface area contributed by atoms with Gasteiger partial charge in [0.05, 0.1) is 44.1 Å². The molecule has 15 aromatic rings. The molecule has 0 amide bonds. The number of pyridine rings is 1. The van der Waals surface area contributed by atoms with E-state index in [-0.39, 0.29) is 10.8 Å². The summed E-state index contributed by atoms with van der Waals surface area (Å²) < 4.78 is 7.51. The van der Waals surface area contributed by atoms with Gasteiger partial charge in [-0.3, -0.25) is 4.40 Å². The van der Waals surface area contributed by atoms with Crippen LogP contribution in [0.15, 0.2) is 170 Å². The Morgan fingerprint density at radius 1 is 0.373 bits per heavy atom. The quantitative estimate of drug-likeness (QED) is 0.170. The molecule has 6 aromatic heterocycles. The molecular weight excluding hydrogens is 813 g/mol. The van der Waals surface area contributed by atoms with Crippen molar-refractivity contribution in [3.63, 3.8) is 0 Å². The Morgan fingerprint density at radius 2 is 1.00 bits per heavy atom. The van der Waals surface area contributed by atoms with E-state index >= 15 is 0 Å². The van der Waals surface area contributed by atoms with Crippen molar-refractivity contribution in [3.05, 3.63) is 181 Å². The van der Waals surface area contributed by atoms with Crippen molar-refractivity contribution in [2.24, 2.45) is 0 Å². The lowest BCUT2D eigenvalue weighted by Gasteiger charge is -2.22. The molecular formula is C63H46N4. The van der Waals surface area contributed by atoms with Gasteiger partial charge in [-0.2, -0.15) is 0 Å². The molecule has 67 heavy (non-hydrogen) atoms. The molecule has 15 rings (SSSR count). The summed E-state index contributed by atoms with van der Waals surface area (Å²) in [5.41, 5.74) is 16.7. The van der Waals surface area contributed by atoms with Crippen LogP contribution in [-0.2, 0) is 10.8 Å². The third-order valence-electron chi connectivity index (χ3n) is 15.3. The van der Waals surface area contributed by atoms with Crippen molar-refractivity contribution in [2.45, 2.75) is 52.4 Å². The van der Waals surface area contributed by atoms with Crippen molar-refractivity contribution in [2.75, 3.05) is 0 Å². The summed E-state index contributed by atoms with van der Waals surface area (Å²) in [6, 6.07) is 64.0. The fraction of sp³-hybridized carbons (Fsp3) is 0.127. The number of benzene rings is 9. The first-order chi connectivity index (χ1) is 32.5. The monoisotopic (exact) mass is 858 g/mol. The average Bonchev–Trinajstić information content (AvgIpc) is 4.12. The van der Waals surface area contributed by atoms with Gasteiger partial charge >= 0.3 is 0 Å². The second-order valence-electron chi connectivity index (χ2n) is 21.2. The summed E-state index contributed by atoms with van der Waals surface area (Å²) >= 11 is 0. The van der Waals surface area contributed by atoms with Crippen molar-refractivity contribution >= 4 is 120 Å². The standard InChI is InChI=1S/C63H46N4/c1-62(2,3)38-30-45(37-25-27-53-46(28-37)43-22-14-15-23-52(43)65(53)40-18-8-7-9-19-40)58-48(31-38)49-32-39(63(4,5)6)33-51-56-54(66(58)59(49)51)34-50-47-29-36-17-11-12-20-41(36)55-44-26-24-35-16-10-13-21-42(35)57(44)67(60(47)55)61(50)64-56/h7-34H,1-6H3. The maximum absolute atomic E-state index is 5.94. The van der Waals surface area contributed by atoms with Gasteiger partial charge in [-0.25, -0.2) is 4.98 Å². The first-order valence-corrected chi connectivity index (χ1v) is 23.7. The van der Waals surface area contributed by atoms with Crippen LogP contribution in [0.4, 0.5) is 0 Å². The Labute approximate surface area is 386 Å². The van der Waals surface area contributed by atoms with Gasteiger partial charge < -0.3 is 8.97 Å². The summed E-state index contributed by atoms with van der Waals surface area (Å²) in [5.74, 6) is 0. The van der Waals surface area contributed by atoms with E-state index in [9.17, 15) is 0 Å². The van der Waals surface area contributed by atoms with E-state index in [0.717, 1.165) is 16.7 Å². The first-order valence-electron chi connectivity index (χ1n) is 23.7. The zero-order valence-corrected chi connectivity index (χ0v) is 38.5. The molecule has 0 aliphatic carbocycles. The van der Waals surface area contributed by atoms with E-state index < -0.39 is 0 Å². The van der Waals surface area contributed by atoms with E-state index in [1.165, 1.54) is 131 Å². The van der Waals surface area contributed by atoms with Crippen LogP contribution in [0.1, 0.15) is 52.7 Å². The molecule has 6 heterocycles. The van der Waals surface area contributed by atoms with Crippen LogP contribution >= 0.6 is 0 Å². The highest BCUT2D eigenvalue weighted by atomic mass is 15.0. The number of rotatable bonds is 2. The number of hydrogen-bond donors (Lipinski definition) is 0. The number of nitrogens with zero attached hydrogens (tertiary/aromatic N) is 4. The molecule has 0 aliphatic rings. The van der Waals surface area contributed by atoms with E-state index in [0.29, 0.717) is 0 Å². The minimum atomic E-state index is -0.0842. The van der Waals surface area contributed by atoms with Crippen molar-refractivity contribution < 1.29 is 0 Å². The van der Waals surface area contributed by atoms with Gasteiger partial charge in [0.1, 0.15) is 5.65 Å². The second kappa shape index (κ2) is 12.5. The van der Waals surface area contributed by atoms with Crippen LogP contribution in [0.5, 0.6) is 0 Å². The molecule has 0 fully saturated rings. The van der Waals surface area contributed by atoms with Gasteiger partial charge in [-0.05, 0) is 110 Å². The van der Waals surface area contributed by atoms with Crippen LogP contribution in [0.3, 0.4) is 0 Å². The molecule has 0 N–H and O–H groups in total. The number of aromatic nitrogens is 4. The minimum Gasteiger partial charge on any atom is -0.309 e. The fourth-order valence-electron chi connectivity index (χ4n) is 12.1. The molecule has 0 radical (unpaired) electrons. The Kier molecular flexibility index (Phi) is 6.94. The predicted molar refractivity (Wildman–Crippen MR) is 286 cm³/mol. The summed E-state index contributed by atoms with van der Waals surface area (Å²) in [6.45, 7) is 14.1. The number of hydrogen-bond acceptors (Lipinski definition) is 1. The van der Waals surface area contributed by atoms with Gasteiger partial charge in [-0.1, -0.05) is 145 Å². The van der Waals surface area contributed by atoms with Gasteiger partial charge in [0, 0.05) is 65.1 Å². The normalized spacial score (nSPS) is 13.2. The molecule has 9 aromatic carbocycles. The van der Waals surface area contributed by atoms with Gasteiger partial charge in [0.15, 0.2) is 0 Å². The maximum atomic E-state index is 5.94. The summed E-state index contributed by atoms with van der Waals surface area (Å²) in [6.07, 6.45) is 0. The first kappa shape index (κ1) is 37.3. The van der Waals surface area contributed by atoms with E-state index in [1.807, 2.05) is 0 Å². The highest BCUT2D eigenvalue weighted by Gasteiger charge is 2.29. The zero-order valence-electron chi connectivity index (χ0n) is 38.5. The molecule has 0 unspecified atom stereocenters. The van der Waals surface area contributed by atoms with E-state index in [4.69, 9.17) is 4.98 Å². The molecule has 4 heteroatoms. The Balaban J connectivity index is 1.13. The molecule has 0 saturated carbocycles. The van der Waals surface area contributed by atoms with Crippen LogP contribution in [0, 0.1) is 0 Å². The van der Waals surface area contributed by atoms with E-state index in [1.54, 1.807) is 0 Å². The third-order valence-corrected chi connectivity index (χ3v) is 15.3. The van der Waals surface area contributed by atoms with E-state index in [2.05, 4.69) is 225 Å². The highest BCUT2D eigenvalue weighted by Crippen LogP contribution is 2.50. The van der Waals surface area contributed by atoms with Crippen molar-refractivity contribution in [3.8, 4) is 16.8 Å². The topological polar surface area (TPSA) is 26.6 Å². The lowest BCUT2D eigenvalue weighted by molar-refractivity contribution is 0.591. The highest BCUT2D eigenvalue weighted by molar-refractivity contribution is 6.35. The second-order valence-corrected chi connectivity index (χ2v) is 21.2. The lowest BCUT2D eigenvalue weighted by atomic mass is 9.83. The molecule has 0 aliphatic heterocycles. The minimum absolute atomic E-state index is 0.0818. The van der Waals surface area contributed by atoms with Crippen LogP contribution in [0.2, 0.25) is 0 Å². The Hall–Kier alpha value is -7.95. The molecule has 0 atom stereocenters. The molecule has 0 saturated heterocycles. The largest absolute Gasteiger partial charge is 0.309 e. The SMILES string of the molecule is CC(C)(C)c1cc(-c2ccc3c(c2)c2ccccc2n3-c2ccccc2)c2c(c1)c1cc(C(C)(C)C)cc3c4nc5c(cc4n2c13)c1cc2ccccc2c2c3ccc4ccccc4c3n5c12. The third kappa shape index (κ3) is 4.79. The molecule has 4 nitrogen and oxygen atoms in total. The average molecular weight is 859 g/mol.